The van der Waals surface area contributed by atoms with Crippen molar-refractivity contribution in [1.82, 2.24) is 0 Å². The molecular formula is C9H18OS. The summed E-state index contributed by atoms with van der Waals surface area (Å²) in [5, 5.41) is 9.65. The zero-order valence-corrected chi connectivity index (χ0v) is 8.28. The van der Waals surface area contributed by atoms with Crippen molar-refractivity contribution in [2.45, 2.75) is 38.2 Å². The molecule has 0 aromatic rings. The van der Waals surface area contributed by atoms with Crippen molar-refractivity contribution in [2.75, 3.05) is 12.0 Å². The number of aliphatic hydroxyl groups is 1. The molecule has 0 amide bonds. The van der Waals surface area contributed by atoms with Crippen molar-refractivity contribution in [3.05, 3.63) is 0 Å². The van der Waals surface area contributed by atoms with Gasteiger partial charge >= 0.3 is 0 Å². The highest BCUT2D eigenvalue weighted by Gasteiger charge is 2.27. The molecule has 11 heavy (non-hydrogen) atoms. The summed E-state index contributed by atoms with van der Waals surface area (Å²) < 4.78 is 0. The second-order valence-corrected chi connectivity index (χ2v) is 4.81. The summed E-state index contributed by atoms with van der Waals surface area (Å²) in [7, 11) is 0. The standard InChI is InChI=1S/C9H18OS/c1-9(10)5-3-8(4-6-9)7-11-2/h8,10H,3-7H2,1-2H3. The minimum Gasteiger partial charge on any atom is -0.390 e. The Kier molecular flexibility index (Phi) is 3.26. The Balaban J connectivity index is 2.25. The minimum absolute atomic E-state index is 0.352. The zero-order chi connectivity index (χ0) is 8.32. The average molecular weight is 174 g/mol. The number of hydrogen-bond donors (Lipinski definition) is 1. The van der Waals surface area contributed by atoms with Crippen molar-refractivity contribution in [1.29, 1.82) is 0 Å². The van der Waals surface area contributed by atoms with Crippen LogP contribution >= 0.6 is 11.8 Å². The smallest absolute Gasteiger partial charge is 0.0620 e. The van der Waals surface area contributed by atoms with Crippen molar-refractivity contribution in [3.8, 4) is 0 Å². The third kappa shape index (κ3) is 3.04. The van der Waals surface area contributed by atoms with Gasteiger partial charge in [-0.05, 0) is 50.5 Å². The van der Waals surface area contributed by atoms with Crippen molar-refractivity contribution < 1.29 is 5.11 Å². The molecule has 1 fully saturated rings. The van der Waals surface area contributed by atoms with Crippen LogP contribution in [-0.4, -0.2) is 22.7 Å². The molecule has 0 spiro atoms. The Morgan fingerprint density at radius 2 is 2.00 bits per heavy atom. The second-order valence-electron chi connectivity index (χ2n) is 3.90. The first-order valence-corrected chi connectivity index (χ1v) is 5.75. The Morgan fingerprint density at radius 1 is 1.45 bits per heavy atom. The molecule has 1 N–H and O–H groups in total. The van der Waals surface area contributed by atoms with E-state index in [1.165, 1.54) is 18.6 Å². The maximum atomic E-state index is 9.65. The summed E-state index contributed by atoms with van der Waals surface area (Å²) in [5.41, 5.74) is -0.352. The van der Waals surface area contributed by atoms with Gasteiger partial charge in [-0.15, -0.1) is 0 Å². The molecule has 0 aromatic carbocycles. The minimum atomic E-state index is -0.352. The first-order valence-electron chi connectivity index (χ1n) is 4.35. The van der Waals surface area contributed by atoms with Gasteiger partial charge in [-0.25, -0.2) is 0 Å². The number of thioether (sulfide) groups is 1. The van der Waals surface area contributed by atoms with Gasteiger partial charge in [-0.2, -0.15) is 11.8 Å². The van der Waals surface area contributed by atoms with Gasteiger partial charge in [0.2, 0.25) is 0 Å². The summed E-state index contributed by atoms with van der Waals surface area (Å²) in [6.07, 6.45) is 6.59. The fourth-order valence-electron chi connectivity index (χ4n) is 1.70. The maximum Gasteiger partial charge on any atom is 0.0620 e. The summed E-state index contributed by atoms with van der Waals surface area (Å²) in [5.74, 6) is 2.14. The van der Waals surface area contributed by atoms with Gasteiger partial charge in [0.1, 0.15) is 0 Å². The van der Waals surface area contributed by atoms with Gasteiger partial charge in [0.25, 0.3) is 0 Å². The lowest BCUT2D eigenvalue weighted by Gasteiger charge is -2.32. The van der Waals surface area contributed by atoms with Gasteiger partial charge in [-0.1, -0.05) is 0 Å². The summed E-state index contributed by atoms with van der Waals surface area (Å²) in [6.45, 7) is 1.96. The van der Waals surface area contributed by atoms with E-state index < -0.39 is 0 Å². The Bertz CT molecular complexity index is 113. The van der Waals surface area contributed by atoms with E-state index >= 15 is 0 Å². The molecule has 2 heteroatoms. The van der Waals surface area contributed by atoms with Crippen LogP contribution < -0.4 is 0 Å². The molecule has 66 valence electrons. The lowest BCUT2D eigenvalue weighted by Crippen LogP contribution is -2.30. The van der Waals surface area contributed by atoms with Crippen LogP contribution in [0.25, 0.3) is 0 Å². The van der Waals surface area contributed by atoms with Gasteiger partial charge in [-0.3, -0.25) is 0 Å². The Labute approximate surface area is 73.6 Å². The van der Waals surface area contributed by atoms with Crippen LogP contribution in [0, 0.1) is 5.92 Å². The molecule has 1 saturated carbocycles. The lowest BCUT2D eigenvalue weighted by atomic mass is 9.81. The number of hydrogen-bond acceptors (Lipinski definition) is 2. The molecule has 0 bridgehead atoms. The molecule has 1 nitrogen and oxygen atoms in total. The van der Waals surface area contributed by atoms with E-state index in [9.17, 15) is 5.11 Å². The predicted molar refractivity (Wildman–Crippen MR) is 51.0 cm³/mol. The van der Waals surface area contributed by atoms with Crippen LogP contribution in [0.5, 0.6) is 0 Å². The van der Waals surface area contributed by atoms with Crippen LogP contribution in [-0.2, 0) is 0 Å². The van der Waals surface area contributed by atoms with Crippen molar-refractivity contribution in [2.24, 2.45) is 5.92 Å². The van der Waals surface area contributed by atoms with Gasteiger partial charge in [0, 0.05) is 0 Å². The maximum absolute atomic E-state index is 9.65. The molecule has 1 rings (SSSR count). The summed E-state index contributed by atoms with van der Waals surface area (Å²) >= 11 is 1.93. The first-order chi connectivity index (χ1) is 5.14. The fraction of sp³-hybridized carbons (Fsp3) is 1.00. The van der Waals surface area contributed by atoms with E-state index in [-0.39, 0.29) is 5.60 Å². The highest BCUT2D eigenvalue weighted by atomic mass is 32.2. The molecule has 0 aliphatic heterocycles. The molecule has 1 aliphatic carbocycles. The molecule has 0 atom stereocenters. The van der Waals surface area contributed by atoms with Crippen LogP contribution in [0.15, 0.2) is 0 Å². The van der Waals surface area contributed by atoms with E-state index in [1.807, 2.05) is 18.7 Å². The second kappa shape index (κ2) is 3.81. The van der Waals surface area contributed by atoms with Crippen LogP contribution in [0.1, 0.15) is 32.6 Å². The van der Waals surface area contributed by atoms with Crippen molar-refractivity contribution >= 4 is 11.8 Å². The predicted octanol–water partition coefficient (Wildman–Crippen LogP) is 2.29. The quantitative estimate of drug-likeness (QED) is 0.693. The molecular weight excluding hydrogens is 156 g/mol. The van der Waals surface area contributed by atoms with E-state index in [0.717, 1.165) is 18.8 Å². The van der Waals surface area contributed by atoms with Crippen LogP contribution in [0.3, 0.4) is 0 Å². The van der Waals surface area contributed by atoms with Gasteiger partial charge in [0.15, 0.2) is 0 Å². The van der Waals surface area contributed by atoms with E-state index in [1.54, 1.807) is 0 Å². The molecule has 0 unspecified atom stereocenters. The SMILES string of the molecule is CSCC1CCC(C)(O)CC1. The molecule has 0 radical (unpaired) electrons. The third-order valence-electron chi connectivity index (χ3n) is 2.58. The highest BCUT2D eigenvalue weighted by molar-refractivity contribution is 7.98. The molecule has 1 aliphatic rings. The highest BCUT2D eigenvalue weighted by Crippen LogP contribution is 2.32. The van der Waals surface area contributed by atoms with Gasteiger partial charge in [0.05, 0.1) is 5.60 Å². The van der Waals surface area contributed by atoms with Crippen molar-refractivity contribution in [3.63, 3.8) is 0 Å². The monoisotopic (exact) mass is 174 g/mol. The van der Waals surface area contributed by atoms with Crippen LogP contribution in [0.4, 0.5) is 0 Å². The van der Waals surface area contributed by atoms with Gasteiger partial charge < -0.3 is 5.11 Å². The molecule has 0 saturated heterocycles. The Morgan fingerprint density at radius 3 is 2.45 bits per heavy atom. The first kappa shape index (κ1) is 9.40. The summed E-state index contributed by atoms with van der Waals surface area (Å²) in [6, 6.07) is 0. The lowest BCUT2D eigenvalue weighted by molar-refractivity contribution is 0.0111. The molecule has 0 aromatic heterocycles. The largest absolute Gasteiger partial charge is 0.390 e. The fourth-order valence-corrected chi connectivity index (χ4v) is 2.51. The zero-order valence-electron chi connectivity index (χ0n) is 7.47. The normalized spacial score (nSPS) is 39.0. The van der Waals surface area contributed by atoms with E-state index in [0.29, 0.717) is 0 Å². The third-order valence-corrected chi connectivity index (χ3v) is 3.39. The Hall–Kier alpha value is 0.310. The summed E-state index contributed by atoms with van der Waals surface area (Å²) in [4.78, 5) is 0. The topological polar surface area (TPSA) is 20.2 Å². The number of rotatable bonds is 2. The average Bonchev–Trinajstić information content (AvgIpc) is 1.94. The van der Waals surface area contributed by atoms with Crippen LogP contribution in [0.2, 0.25) is 0 Å². The van der Waals surface area contributed by atoms with E-state index in [2.05, 4.69) is 6.26 Å². The van der Waals surface area contributed by atoms with E-state index in [4.69, 9.17) is 0 Å². The molecule has 0 heterocycles.